The summed E-state index contributed by atoms with van der Waals surface area (Å²) in [5.41, 5.74) is 4.57. The van der Waals surface area contributed by atoms with Gasteiger partial charge in [0.15, 0.2) is 0 Å². The Morgan fingerprint density at radius 1 is 0.853 bits per heavy atom. The lowest BCUT2D eigenvalue weighted by Gasteiger charge is -2.31. The summed E-state index contributed by atoms with van der Waals surface area (Å²) >= 11 is 0. The lowest BCUT2D eigenvalue weighted by Crippen LogP contribution is -2.38. The summed E-state index contributed by atoms with van der Waals surface area (Å²) < 4.78 is 56.4. The van der Waals surface area contributed by atoms with Gasteiger partial charge in [-0.15, -0.1) is 0 Å². The second-order valence-electron chi connectivity index (χ2n) is 8.86. The van der Waals surface area contributed by atoms with E-state index in [1.54, 1.807) is 0 Å². The van der Waals surface area contributed by atoms with E-state index in [2.05, 4.69) is 23.6 Å². The van der Waals surface area contributed by atoms with Crippen LogP contribution in [-0.2, 0) is 16.6 Å². The molecule has 0 bridgehead atoms. The van der Waals surface area contributed by atoms with Gasteiger partial charge in [-0.05, 0) is 79.3 Å². The van der Waals surface area contributed by atoms with E-state index in [0.29, 0.717) is 32.5 Å². The van der Waals surface area contributed by atoms with Crippen molar-refractivity contribution in [1.82, 2.24) is 8.87 Å². The molecule has 0 N–H and O–H groups in total. The first-order valence-corrected chi connectivity index (χ1v) is 12.9. The monoisotopic (exact) mass is 480 g/mol. The Labute approximate surface area is 198 Å². The summed E-state index contributed by atoms with van der Waals surface area (Å²) in [6.07, 6.45) is 1.43. The fourth-order valence-electron chi connectivity index (χ4n) is 5.09. The number of hydrogen-bond acceptors (Lipinski definition) is 2. The van der Waals surface area contributed by atoms with E-state index < -0.39 is 15.8 Å². The number of sulfonamides is 1. The normalized spacial score (nSPS) is 15.7. The maximum absolute atomic E-state index is 13.4. The average molecular weight is 481 g/mol. The Balaban J connectivity index is 1.42. The molecule has 1 aromatic heterocycles. The van der Waals surface area contributed by atoms with E-state index in [4.69, 9.17) is 0 Å². The molecule has 7 heteroatoms. The van der Waals surface area contributed by atoms with Crippen molar-refractivity contribution in [3.05, 3.63) is 101 Å². The van der Waals surface area contributed by atoms with Crippen molar-refractivity contribution < 1.29 is 17.2 Å². The van der Waals surface area contributed by atoms with Crippen LogP contribution >= 0.6 is 0 Å². The Hall–Kier alpha value is -3.03. The van der Waals surface area contributed by atoms with E-state index in [-0.39, 0.29) is 16.6 Å². The highest BCUT2D eigenvalue weighted by molar-refractivity contribution is 7.89. The summed E-state index contributed by atoms with van der Waals surface area (Å²) in [6.45, 7) is 3.59. The zero-order chi connectivity index (χ0) is 23.9. The van der Waals surface area contributed by atoms with Gasteiger partial charge in [-0.2, -0.15) is 4.31 Å². The number of rotatable bonds is 5. The highest BCUT2D eigenvalue weighted by Gasteiger charge is 2.32. The maximum Gasteiger partial charge on any atom is 0.243 e. The first-order chi connectivity index (χ1) is 16.3. The van der Waals surface area contributed by atoms with Crippen molar-refractivity contribution in [3.63, 3.8) is 0 Å². The molecule has 1 fully saturated rings. The molecule has 4 aromatic rings. The first kappa shape index (κ1) is 22.7. The molecule has 0 saturated carbocycles. The van der Waals surface area contributed by atoms with Crippen LogP contribution in [0, 0.1) is 18.6 Å². The summed E-state index contributed by atoms with van der Waals surface area (Å²) in [5.74, 6) is -0.468. The number of hydrogen-bond donors (Lipinski definition) is 0. The van der Waals surface area contributed by atoms with E-state index in [1.807, 2.05) is 24.3 Å². The molecule has 1 aliphatic heterocycles. The number of para-hydroxylation sites is 1. The standard InChI is InChI=1S/C27H26F2N2O2S/c1-19-27(21-14-16-30(17-15-21)34(32,33)24-12-10-23(29)11-13-24)25-4-2-3-5-26(25)31(19)18-20-6-8-22(28)9-7-20/h2-13,21H,14-18H2,1H3. The molecule has 0 atom stereocenters. The zero-order valence-electron chi connectivity index (χ0n) is 18.9. The molecule has 0 aliphatic carbocycles. The van der Waals surface area contributed by atoms with E-state index >= 15 is 0 Å². The summed E-state index contributed by atoms with van der Waals surface area (Å²) in [6, 6.07) is 19.9. The van der Waals surface area contributed by atoms with Crippen LogP contribution in [0.1, 0.15) is 35.6 Å². The number of benzene rings is 3. The summed E-state index contributed by atoms with van der Waals surface area (Å²) in [7, 11) is -3.65. The molecule has 5 rings (SSSR count). The van der Waals surface area contributed by atoms with Crippen molar-refractivity contribution in [1.29, 1.82) is 0 Å². The van der Waals surface area contributed by atoms with Gasteiger partial charge in [0.1, 0.15) is 11.6 Å². The molecule has 2 heterocycles. The molecule has 0 spiro atoms. The molecular weight excluding hydrogens is 454 g/mol. The Bertz CT molecular complexity index is 1420. The van der Waals surface area contributed by atoms with Crippen LogP contribution in [0.4, 0.5) is 8.78 Å². The molecule has 34 heavy (non-hydrogen) atoms. The molecule has 1 aliphatic rings. The van der Waals surface area contributed by atoms with Crippen LogP contribution in [0.2, 0.25) is 0 Å². The molecule has 3 aromatic carbocycles. The molecule has 4 nitrogen and oxygen atoms in total. The second kappa shape index (κ2) is 8.96. The largest absolute Gasteiger partial charge is 0.340 e. The smallest absolute Gasteiger partial charge is 0.243 e. The van der Waals surface area contributed by atoms with Crippen LogP contribution in [0.5, 0.6) is 0 Å². The van der Waals surface area contributed by atoms with Gasteiger partial charge >= 0.3 is 0 Å². The summed E-state index contributed by atoms with van der Waals surface area (Å²) in [5, 5.41) is 1.18. The number of aromatic nitrogens is 1. The third kappa shape index (κ3) is 4.14. The van der Waals surface area contributed by atoms with Crippen LogP contribution in [0.25, 0.3) is 10.9 Å². The molecule has 0 unspecified atom stereocenters. The van der Waals surface area contributed by atoms with E-state index in [0.717, 1.165) is 16.8 Å². The molecule has 0 amide bonds. The van der Waals surface area contributed by atoms with Crippen LogP contribution in [0.15, 0.2) is 77.7 Å². The van der Waals surface area contributed by atoms with Gasteiger partial charge < -0.3 is 4.57 Å². The fourth-order valence-corrected chi connectivity index (χ4v) is 6.56. The third-order valence-corrected chi connectivity index (χ3v) is 8.76. The lowest BCUT2D eigenvalue weighted by atomic mass is 9.88. The Kier molecular flexibility index (Phi) is 6.00. The molecular formula is C27H26F2N2O2S. The Morgan fingerprint density at radius 2 is 1.44 bits per heavy atom. The van der Waals surface area contributed by atoms with Gasteiger partial charge in [0.05, 0.1) is 4.90 Å². The van der Waals surface area contributed by atoms with E-state index in [1.165, 1.54) is 51.7 Å². The topological polar surface area (TPSA) is 42.3 Å². The highest BCUT2D eigenvalue weighted by Crippen LogP contribution is 2.38. The lowest BCUT2D eigenvalue weighted by molar-refractivity contribution is 0.319. The quantitative estimate of drug-likeness (QED) is 0.360. The minimum absolute atomic E-state index is 0.124. The number of halogens is 2. The SMILES string of the molecule is Cc1c(C2CCN(S(=O)(=O)c3ccc(F)cc3)CC2)c2ccccc2n1Cc1ccc(F)cc1. The molecule has 176 valence electrons. The second-order valence-corrected chi connectivity index (χ2v) is 10.8. The van der Waals surface area contributed by atoms with Gasteiger partial charge in [0, 0.05) is 36.2 Å². The third-order valence-electron chi connectivity index (χ3n) is 6.85. The van der Waals surface area contributed by atoms with Crippen molar-refractivity contribution >= 4 is 20.9 Å². The zero-order valence-corrected chi connectivity index (χ0v) is 19.7. The predicted molar refractivity (Wildman–Crippen MR) is 129 cm³/mol. The predicted octanol–water partition coefficient (Wildman–Crippen LogP) is 5.84. The minimum atomic E-state index is -3.65. The Morgan fingerprint density at radius 3 is 2.09 bits per heavy atom. The van der Waals surface area contributed by atoms with Gasteiger partial charge in [-0.3, -0.25) is 0 Å². The summed E-state index contributed by atoms with van der Waals surface area (Å²) in [4.78, 5) is 0.124. The van der Waals surface area contributed by atoms with Crippen LogP contribution < -0.4 is 0 Å². The number of nitrogens with zero attached hydrogens (tertiary/aromatic N) is 2. The minimum Gasteiger partial charge on any atom is -0.340 e. The van der Waals surface area contributed by atoms with E-state index in [9.17, 15) is 17.2 Å². The van der Waals surface area contributed by atoms with Crippen molar-refractivity contribution in [2.75, 3.05) is 13.1 Å². The van der Waals surface area contributed by atoms with Gasteiger partial charge in [-0.1, -0.05) is 30.3 Å². The maximum atomic E-state index is 13.4. The van der Waals surface area contributed by atoms with Crippen LogP contribution in [0.3, 0.4) is 0 Å². The van der Waals surface area contributed by atoms with Crippen molar-refractivity contribution in [2.45, 2.75) is 37.1 Å². The first-order valence-electron chi connectivity index (χ1n) is 11.4. The van der Waals surface area contributed by atoms with Gasteiger partial charge in [0.25, 0.3) is 0 Å². The van der Waals surface area contributed by atoms with Gasteiger partial charge in [-0.25, -0.2) is 17.2 Å². The molecule has 1 saturated heterocycles. The average Bonchev–Trinajstić information content (AvgIpc) is 3.12. The fraction of sp³-hybridized carbons (Fsp3) is 0.259. The molecule has 0 radical (unpaired) electrons. The number of piperidine rings is 1. The number of fused-ring (bicyclic) bond motifs is 1. The van der Waals surface area contributed by atoms with Gasteiger partial charge in [0.2, 0.25) is 10.0 Å². The van der Waals surface area contributed by atoms with Crippen LogP contribution in [-0.4, -0.2) is 30.4 Å². The highest BCUT2D eigenvalue weighted by atomic mass is 32.2. The van der Waals surface area contributed by atoms with Crippen molar-refractivity contribution in [2.24, 2.45) is 0 Å². The van der Waals surface area contributed by atoms with Crippen molar-refractivity contribution in [3.8, 4) is 0 Å².